The zero-order chi connectivity index (χ0) is 17.2. The van der Waals surface area contributed by atoms with Gasteiger partial charge in [0.15, 0.2) is 0 Å². The molecule has 0 saturated heterocycles. The van der Waals surface area contributed by atoms with Crippen molar-refractivity contribution in [1.29, 1.82) is 0 Å². The second-order valence-electron chi connectivity index (χ2n) is 5.47. The number of rotatable bonds is 4. The van der Waals surface area contributed by atoms with Gasteiger partial charge in [0.2, 0.25) is 0 Å². The topological polar surface area (TPSA) is 55.1 Å². The third kappa shape index (κ3) is 4.19. The molecule has 1 N–H and O–H groups in total. The van der Waals surface area contributed by atoms with Gasteiger partial charge in [-0.15, -0.1) is 0 Å². The van der Waals surface area contributed by atoms with Crippen LogP contribution in [-0.2, 0) is 19.1 Å². The Balaban J connectivity index is 2.07. The van der Waals surface area contributed by atoms with Crippen LogP contribution >= 0.6 is 0 Å². The van der Waals surface area contributed by atoms with Crippen LogP contribution in [0.1, 0.15) is 22.4 Å². The molecule has 1 heterocycles. The standard InChI is InChI=1S/C16H17F3N2O2/c1-10-11(2)20-9-21(15(10)23)8-14(22)7-12-3-5-13(6-4-12)16(17,18)19/h3-6,9,14,22H,7-8H2,1-2H3. The Hall–Kier alpha value is -2.15. The third-order valence-corrected chi connectivity index (χ3v) is 3.68. The molecule has 7 heteroatoms. The van der Waals surface area contributed by atoms with Gasteiger partial charge in [0.1, 0.15) is 0 Å². The van der Waals surface area contributed by atoms with Gasteiger partial charge in [-0.25, -0.2) is 4.98 Å². The van der Waals surface area contributed by atoms with E-state index < -0.39 is 17.8 Å². The van der Waals surface area contributed by atoms with Crippen LogP contribution in [0.4, 0.5) is 13.2 Å². The van der Waals surface area contributed by atoms with E-state index >= 15 is 0 Å². The highest BCUT2D eigenvalue weighted by atomic mass is 19.4. The van der Waals surface area contributed by atoms with E-state index in [2.05, 4.69) is 4.98 Å². The predicted octanol–water partition coefficient (Wildman–Crippen LogP) is 2.48. The molecule has 0 aliphatic carbocycles. The Bertz CT molecular complexity index is 736. The van der Waals surface area contributed by atoms with E-state index in [9.17, 15) is 23.1 Å². The van der Waals surface area contributed by atoms with Crippen LogP contribution in [-0.4, -0.2) is 20.8 Å². The van der Waals surface area contributed by atoms with Crippen molar-refractivity contribution in [2.75, 3.05) is 0 Å². The number of aromatic nitrogens is 2. The summed E-state index contributed by atoms with van der Waals surface area (Å²) < 4.78 is 38.8. The van der Waals surface area contributed by atoms with Crippen LogP contribution in [0, 0.1) is 13.8 Å². The van der Waals surface area contributed by atoms with Crippen LogP contribution in [0.3, 0.4) is 0 Å². The lowest BCUT2D eigenvalue weighted by atomic mass is 10.1. The minimum Gasteiger partial charge on any atom is -0.391 e. The van der Waals surface area contributed by atoms with Crippen molar-refractivity contribution in [1.82, 2.24) is 9.55 Å². The summed E-state index contributed by atoms with van der Waals surface area (Å²) in [5.41, 5.74) is 0.738. The first-order valence-corrected chi connectivity index (χ1v) is 7.05. The molecule has 0 amide bonds. The Morgan fingerprint density at radius 3 is 2.39 bits per heavy atom. The van der Waals surface area contributed by atoms with Gasteiger partial charge in [0.05, 0.1) is 24.5 Å². The second kappa shape index (κ2) is 6.54. The first kappa shape index (κ1) is 17.2. The number of alkyl halides is 3. The maximum Gasteiger partial charge on any atom is 0.416 e. The van der Waals surface area contributed by atoms with Crippen molar-refractivity contribution in [2.24, 2.45) is 0 Å². The fraction of sp³-hybridized carbons (Fsp3) is 0.375. The molecule has 1 unspecified atom stereocenters. The highest BCUT2D eigenvalue weighted by molar-refractivity contribution is 5.25. The SMILES string of the molecule is Cc1ncn(CC(O)Cc2ccc(C(F)(F)F)cc2)c(=O)c1C. The average Bonchev–Trinajstić information content (AvgIpc) is 2.47. The van der Waals surface area contributed by atoms with Gasteiger partial charge in [-0.05, 0) is 31.5 Å². The minimum atomic E-state index is -4.38. The first-order valence-electron chi connectivity index (χ1n) is 7.05. The number of halogens is 3. The molecule has 0 aliphatic rings. The molecule has 0 bridgehead atoms. The lowest BCUT2D eigenvalue weighted by molar-refractivity contribution is -0.137. The number of benzene rings is 1. The molecule has 0 aliphatic heterocycles. The molecule has 4 nitrogen and oxygen atoms in total. The molecule has 2 aromatic rings. The van der Waals surface area contributed by atoms with Gasteiger partial charge in [0, 0.05) is 17.7 Å². The number of hydrogen-bond donors (Lipinski definition) is 1. The number of nitrogens with zero attached hydrogens (tertiary/aromatic N) is 2. The number of aryl methyl sites for hydroxylation is 1. The second-order valence-corrected chi connectivity index (χ2v) is 5.47. The normalized spacial score (nSPS) is 13.1. The summed E-state index contributed by atoms with van der Waals surface area (Å²) in [6.07, 6.45) is -3.76. The molecule has 23 heavy (non-hydrogen) atoms. The highest BCUT2D eigenvalue weighted by Crippen LogP contribution is 2.29. The van der Waals surface area contributed by atoms with Crippen LogP contribution in [0.15, 0.2) is 35.4 Å². The monoisotopic (exact) mass is 326 g/mol. The van der Waals surface area contributed by atoms with E-state index in [4.69, 9.17) is 0 Å². The molecule has 0 spiro atoms. The van der Waals surface area contributed by atoms with Crippen molar-refractivity contribution in [2.45, 2.75) is 39.1 Å². The van der Waals surface area contributed by atoms with Crippen LogP contribution in [0.25, 0.3) is 0 Å². The van der Waals surface area contributed by atoms with E-state index in [-0.39, 0.29) is 18.5 Å². The Kier molecular flexibility index (Phi) is 4.89. The van der Waals surface area contributed by atoms with Crippen molar-refractivity contribution in [3.05, 3.63) is 63.3 Å². The summed E-state index contributed by atoms with van der Waals surface area (Å²) in [4.78, 5) is 16.1. The maximum atomic E-state index is 12.5. The zero-order valence-corrected chi connectivity index (χ0v) is 12.8. The summed E-state index contributed by atoms with van der Waals surface area (Å²) in [6, 6.07) is 4.61. The third-order valence-electron chi connectivity index (χ3n) is 3.68. The van der Waals surface area contributed by atoms with Gasteiger partial charge in [-0.2, -0.15) is 13.2 Å². The first-order chi connectivity index (χ1) is 10.7. The largest absolute Gasteiger partial charge is 0.416 e. The fourth-order valence-electron chi connectivity index (χ4n) is 2.20. The summed E-state index contributed by atoms with van der Waals surface area (Å²) in [7, 11) is 0. The Morgan fingerprint density at radius 2 is 1.83 bits per heavy atom. The highest BCUT2D eigenvalue weighted by Gasteiger charge is 2.29. The van der Waals surface area contributed by atoms with Crippen LogP contribution in [0.5, 0.6) is 0 Å². The molecule has 0 radical (unpaired) electrons. The van der Waals surface area contributed by atoms with Crippen molar-refractivity contribution < 1.29 is 18.3 Å². The summed E-state index contributed by atoms with van der Waals surface area (Å²) in [6.45, 7) is 3.41. The van der Waals surface area contributed by atoms with Gasteiger partial charge < -0.3 is 5.11 Å². The predicted molar refractivity (Wildman–Crippen MR) is 79.1 cm³/mol. The molecular weight excluding hydrogens is 309 g/mol. The van der Waals surface area contributed by atoms with Gasteiger partial charge in [-0.3, -0.25) is 9.36 Å². The molecule has 1 aromatic heterocycles. The van der Waals surface area contributed by atoms with Gasteiger partial charge in [-0.1, -0.05) is 12.1 Å². The van der Waals surface area contributed by atoms with Crippen molar-refractivity contribution in [3.63, 3.8) is 0 Å². The van der Waals surface area contributed by atoms with Gasteiger partial charge in [0.25, 0.3) is 5.56 Å². The van der Waals surface area contributed by atoms with E-state index in [0.29, 0.717) is 16.8 Å². The molecule has 0 saturated carbocycles. The van der Waals surface area contributed by atoms with E-state index in [1.54, 1.807) is 13.8 Å². The quantitative estimate of drug-likeness (QED) is 0.939. The Morgan fingerprint density at radius 1 is 1.22 bits per heavy atom. The summed E-state index contributed by atoms with van der Waals surface area (Å²) in [5.74, 6) is 0. The molecule has 0 fully saturated rings. The van der Waals surface area contributed by atoms with Crippen molar-refractivity contribution >= 4 is 0 Å². The lowest BCUT2D eigenvalue weighted by Gasteiger charge is -2.14. The van der Waals surface area contributed by atoms with E-state index in [1.165, 1.54) is 23.0 Å². The molecule has 1 aromatic carbocycles. The average molecular weight is 326 g/mol. The zero-order valence-electron chi connectivity index (χ0n) is 12.8. The lowest BCUT2D eigenvalue weighted by Crippen LogP contribution is -2.30. The smallest absolute Gasteiger partial charge is 0.391 e. The molecule has 1 atom stereocenters. The minimum absolute atomic E-state index is 0.0357. The number of aliphatic hydroxyl groups excluding tert-OH is 1. The summed E-state index contributed by atoms with van der Waals surface area (Å²) in [5, 5.41) is 10.1. The van der Waals surface area contributed by atoms with Gasteiger partial charge >= 0.3 is 6.18 Å². The summed E-state index contributed by atoms with van der Waals surface area (Å²) >= 11 is 0. The van der Waals surface area contributed by atoms with E-state index in [1.807, 2.05) is 0 Å². The van der Waals surface area contributed by atoms with E-state index in [0.717, 1.165) is 12.1 Å². The van der Waals surface area contributed by atoms with Crippen LogP contribution < -0.4 is 5.56 Å². The fourth-order valence-corrected chi connectivity index (χ4v) is 2.20. The molecule has 2 rings (SSSR count). The van der Waals surface area contributed by atoms with Crippen LogP contribution in [0.2, 0.25) is 0 Å². The number of hydrogen-bond acceptors (Lipinski definition) is 3. The molecule has 124 valence electrons. The van der Waals surface area contributed by atoms with Crippen molar-refractivity contribution in [3.8, 4) is 0 Å². The molecular formula is C16H17F3N2O2. The maximum absolute atomic E-state index is 12.5. The number of aliphatic hydroxyl groups is 1. The Labute approximate surface area is 131 Å².